The third kappa shape index (κ3) is 6.26. The molecule has 200 valence electrons. The van der Waals surface area contributed by atoms with E-state index in [1.807, 2.05) is 84.9 Å². The van der Waals surface area contributed by atoms with Gasteiger partial charge in [-0.25, -0.2) is 13.9 Å². The second-order valence-electron chi connectivity index (χ2n) is 9.25. The van der Waals surface area contributed by atoms with Gasteiger partial charge in [0.2, 0.25) is 0 Å². The van der Waals surface area contributed by atoms with Gasteiger partial charge in [0.1, 0.15) is 6.33 Å². The van der Waals surface area contributed by atoms with Crippen LogP contribution in [0.5, 0.6) is 0 Å². The Kier molecular flexibility index (Phi) is 8.00. The van der Waals surface area contributed by atoms with Crippen molar-refractivity contribution in [1.82, 2.24) is 23.2 Å². The van der Waals surface area contributed by atoms with E-state index in [9.17, 15) is 8.42 Å². The topological polar surface area (TPSA) is 83.9 Å². The van der Waals surface area contributed by atoms with Crippen molar-refractivity contribution < 1.29 is 8.42 Å². The van der Waals surface area contributed by atoms with Gasteiger partial charge in [0.15, 0.2) is 0 Å². The number of benzene rings is 4. The van der Waals surface area contributed by atoms with Crippen molar-refractivity contribution in [3.05, 3.63) is 132 Å². The van der Waals surface area contributed by atoms with E-state index >= 15 is 0 Å². The lowest BCUT2D eigenvalue weighted by atomic mass is 10.1. The molecule has 0 fully saturated rings. The number of hydrogen-bond donors (Lipinski definition) is 1. The third-order valence-corrected chi connectivity index (χ3v) is 7.94. The van der Waals surface area contributed by atoms with Crippen LogP contribution >= 0.6 is 0 Å². The molecule has 0 aliphatic heterocycles. The molecule has 0 bridgehead atoms. The van der Waals surface area contributed by atoms with Crippen molar-refractivity contribution in [3.8, 4) is 0 Å². The average Bonchev–Trinajstić information content (AvgIpc) is 3.63. The second-order valence-corrected chi connectivity index (χ2v) is 11.3. The van der Waals surface area contributed by atoms with E-state index in [0.717, 1.165) is 22.2 Å². The number of nitrogens with one attached hydrogen (secondary N) is 1. The monoisotopic (exact) mass is 547 g/mol. The number of H-pyrrole nitrogens is 1. The van der Waals surface area contributed by atoms with Gasteiger partial charge in [-0.15, -0.1) is 0 Å². The maximum Gasteiger partial charge on any atom is 0.308 e. The molecule has 0 atom stereocenters. The second kappa shape index (κ2) is 11.9. The molecule has 0 aliphatic carbocycles. The number of hydrogen-bond acceptors (Lipinski definition) is 4. The molecule has 0 aliphatic rings. The molecule has 40 heavy (non-hydrogen) atoms. The number of aromatic amines is 1. The fraction of sp³-hybridized carbons (Fsp3) is 0.0625. The summed E-state index contributed by atoms with van der Waals surface area (Å²) in [5.74, 6) is 0. The van der Waals surface area contributed by atoms with Gasteiger partial charge in [0.25, 0.3) is 0 Å². The van der Waals surface area contributed by atoms with Crippen molar-refractivity contribution >= 4 is 56.6 Å². The largest absolute Gasteiger partial charge is 0.345 e. The number of nitrogens with zero attached hydrogens (tertiary/aromatic N) is 4. The number of fused-ring (bicyclic) bond motifs is 2. The molecule has 2 aromatic heterocycles. The molecule has 7 nitrogen and oxygen atoms in total. The quantitative estimate of drug-likeness (QED) is 0.238. The van der Waals surface area contributed by atoms with Gasteiger partial charge in [-0.1, -0.05) is 97.1 Å². The van der Waals surface area contributed by atoms with Gasteiger partial charge in [-0.3, -0.25) is 0 Å². The zero-order valence-corrected chi connectivity index (χ0v) is 23.0. The summed E-state index contributed by atoms with van der Waals surface area (Å²) >= 11 is 0. The minimum absolute atomic E-state index is 0.564. The molecule has 0 saturated carbocycles. The highest BCUT2D eigenvalue weighted by molar-refractivity contribution is 7.87. The molecule has 2 heterocycles. The van der Waals surface area contributed by atoms with E-state index in [1.54, 1.807) is 6.33 Å². The fourth-order valence-corrected chi connectivity index (χ4v) is 4.95. The van der Waals surface area contributed by atoms with Crippen LogP contribution in [0.2, 0.25) is 0 Å². The maximum atomic E-state index is 12.3. The minimum atomic E-state index is -3.58. The Hall–Kier alpha value is -4.79. The highest BCUT2D eigenvalue weighted by Gasteiger charge is 2.19. The van der Waals surface area contributed by atoms with Crippen LogP contribution in [0.15, 0.2) is 110 Å². The Morgan fingerprint density at radius 2 is 1.23 bits per heavy atom. The normalized spacial score (nSPS) is 12.0. The number of imidazole rings is 2. The van der Waals surface area contributed by atoms with E-state index in [1.165, 1.54) is 39.8 Å². The first kappa shape index (κ1) is 26.8. The van der Waals surface area contributed by atoms with Gasteiger partial charge < -0.3 is 4.98 Å². The molecular weight excluding hydrogens is 518 g/mol. The van der Waals surface area contributed by atoms with Crippen LogP contribution in [0, 0.1) is 0 Å². The molecular formula is C32H29N5O2S. The standard InChI is InChI=1S/C17H17N3O2S.C15H12N2/c1-19(2)23(21,22)20-13-18-16-11-10-15(12-17(16)20)9-8-14-6-4-3-5-7-14;1-2-4-12(5-3-1)6-7-13-8-9-14-15(10-13)17-11-16-14/h3-13H,1-2H3;1-11H,(H,16,17)/b9-8+;7-6+. The molecule has 0 radical (unpaired) electrons. The lowest BCUT2D eigenvalue weighted by Crippen LogP contribution is -2.28. The summed E-state index contributed by atoms with van der Waals surface area (Å²) in [6.07, 6.45) is 11.2. The lowest BCUT2D eigenvalue weighted by molar-refractivity contribution is 0.512. The molecule has 0 amide bonds. The molecule has 1 N–H and O–H groups in total. The summed E-state index contributed by atoms with van der Waals surface area (Å²) < 4.78 is 27.0. The summed E-state index contributed by atoms with van der Waals surface area (Å²) in [6.45, 7) is 0. The van der Waals surface area contributed by atoms with Crippen molar-refractivity contribution in [2.45, 2.75) is 0 Å². The molecule has 0 saturated heterocycles. The molecule has 4 aromatic carbocycles. The van der Waals surface area contributed by atoms with Gasteiger partial charge in [0, 0.05) is 14.1 Å². The van der Waals surface area contributed by atoms with E-state index in [2.05, 4.69) is 51.4 Å². The summed E-state index contributed by atoms with van der Waals surface area (Å²) in [5.41, 5.74) is 7.66. The summed E-state index contributed by atoms with van der Waals surface area (Å²) in [5, 5.41) is 0. The van der Waals surface area contributed by atoms with E-state index in [-0.39, 0.29) is 0 Å². The van der Waals surface area contributed by atoms with E-state index in [0.29, 0.717) is 11.0 Å². The molecule has 8 heteroatoms. The predicted molar refractivity (Wildman–Crippen MR) is 165 cm³/mol. The Balaban J connectivity index is 0.000000168. The van der Waals surface area contributed by atoms with Gasteiger partial charge in [-0.05, 0) is 46.5 Å². The van der Waals surface area contributed by atoms with E-state index < -0.39 is 10.2 Å². The Labute approximate surface area is 234 Å². The zero-order chi connectivity index (χ0) is 28.0. The van der Waals surface area contributed by atoms with Crippen LogP contribution in [0.25, 0.3) is 46.4 Å². The predicted octanol–water partition coefficient (Wildman–Crippen LogP) is 6.59. The van der Waals surface area contributed by atoms with Gasteiger partial charge >= 0.3 is 10.2 Å². The number of rotatable bonds is 6. The van der Waals surface area contributed by atoms with E-state index in [4.69, 9.17) is 0 Å². The van der Waals surface area contributed by atoms with Gasteiger partial charge in [-0.2, -0.15) is 12.7 Å². The number of aromatic nitrogens is 4. The van der Waals surface area contributed by atoms with Gasteiger partial charge in [0.05, 0.1) is 28.4 Å². The molecule has 6 aromatic rings. The SMILES string of the molecule is C(=C\c1ccc2nc[nH]c2c1)/c1ccccc1.CN(C)S(=O)(=O)n1cnc2ccc(/C=C/c3ccccc3)cc21. The first-order chi connectivity index (χ1) is 19.4. The smallest absolute Gasteiger partial charge is 0.308 e. The average molecular weight is 548 g/mol. The highest BCUT2D eigenvalue weighted by atomic mass is 32.2. The summed E-state index contributed by atoms with van der Waals surface area (Å²) in [7, 11) is -0.580. The Bertz CT molecular complexity index is 1890. The Morgan fingerprint density at radius 1 is 0.675 bits per heavy atom. The Morgan fingerprint density at radius 3 is 1.82 bits per heavy atom. The summed E-state index contributed by atoms with van der Waals surface area (Å²) in [4.78, 5) is 11.5. The summed E-state index contributed by atoms with van der Waals surface area (Å²) in [6, 6.07) is 32.0. The lowest BCUT2D eigenvalue weighted by Gasteiger charge is -2.12. The van der Waals surface area contributed by atoms with Crippen LogP contribution in [0.4, 0.5) is 0 Å². The third-order valence-electron chi connectivity index (χ3n) is 6.23. The minimum Gasteiger partial charge on any atom is -0.345 e. The highest BCUT2D eigenvalue weighted by Crippen LogP contribution is 2.19. The van der Waals surface area contributed by atoms with Crippen molar-refractivity contribution in [3.63, 3.8) is 0 Å². The van der Waals surface area contributed by atoms with Crippen LogP contribution in [-0.2, 0) is 10.2 Å². The van der Waals surface area contributed by atoms with Crippen LogP contribution in [0.1, 0.15) is 22.3 Å². The molecule has 0 unspecified atom stereocenters. The van der Waals surface area contributed by atoms with Crippen molar-refractivity contribution in [2.75, 3.05) is 14.1 Å². The maximum absolute atomic E-state index is 12.3. The van der Waals surface area contributed by atoms with Crippen LogP contribution < -0.4 is 0 Å². The zero-order valence-electron chi connectivity index (χ0n) is 22.2. The van der Waals surface area contributed by atoms with Crippen LogP contribution in [-0.4, -0.2) is 45.7 Å². The van der Waals surface area contributed by atoms with Crippen molar-refractivity contribution in [1.29, 1.82) is 0 Å². The molecule has 0 spiro atoms. The molecule has 6 rings (SSSR count). The first-order valence-corrected chi connectivity index (χ1v) is 14.1. The van der Waals surface area contributed by atoms with Crippen LogP contribution in [0.3, 0.4) is 0 Å². The van der Waals surface area contributed by atoms with Crippen molar-refractivity contribution in [2.24, 2.45) is 0 Å². The first-order valence-electron chi connectivity index (χ1n) is 12.7. The fourth-order valence-electron chi connectivity index (χ4n) is 4.04.